The third-order valence-corrected chi connectivity index (χ3v) is 13.5. The molecule has 9 aromatic carbocycles. The Morgan fingerprint density at radius 1 is 0.438 bits per heavy atom. The molecule has 1 heterocycles. The summed E-state index contributed by atoms with van der Waals surface area (Å²) in [6.45, 7) is 10.3. The van der Waals surface area contributed by atoms with Gasteiger partial charge in [-0.25, -0.2) is 9.59 Å². The van der Waals surface area contributed by atoms with Crippen LogP contribution in [0.4, 0.5) is 0 Å². The minimum Gasteiger partial charge on any atom is -0.508 e. The van der Waals surface area contributed by atoms with Crippen LogP contribution < -0.4 is 56.1 Å². The number of nitrogens with zero attached hydrogens (tertiary/aromatic N) is 2. The van der Waals surface area contributed by atoms with E-state index in [0.29, 0.717) is 56.5 Å². The molecule has 2 N–H and O–H groups in total. The van der Waals surface area contributed by atoms with Gasteiger partial charge >= 0.3 is 63.3 Å². The number of epoxide rings is 1. The zero-order valence-corrected chi connectivity index (χ0v) is 54.2. The number of aryl methyl sites for hydroxylation is 1. The average Bonchev–Trinajstić information content (AvgIpc) is 4.52. The number of hydrogen-bond donors (Lipinski definition) is 2. The van der Waals surface area contributed by atoms with Gasteiger partial charge in [-0.15, -0.1) is 23.8 Å². The van der Waals surface area contributed by atoms with Crippen molar-refractivity contribution in [3.8, 4) is 11.5 Å². The van der Waals surface area contributed by atoms with Crippen LogP contribution in [-0.2, 0) is 69.5 Å². The number of allylic oxidation sites excluding steroid dienone is 1. The van der Waals surface area contributed by atoms with Crippen molar-refractivity contribution in [2.45, 2.75) is 52.2 Å². The van der Waals surface area contributed by atoms with Gasteiger partial charge in [-0.05, 0) is 81.9 Å². The van der Waals surface area contributed by atoms with Crippen molar-refractivity contribution in [1.29, 1.82) is 0 Å². The molecular weight excluding hydrogens is 1140 g/mol. The Morgan fingerprint density at radius 2 is 0.809 bits per heavy atom. The first-order valence-corrected chi connectivity index (χ1v) is 29.9. The van der Waals surface area contributed by atoms with E-state index in [1.165, 1.54) is 64.1 Å². The normalized spacial score (nSPS) is 11.4. The summed E-state index contributed by atoms with van der Waals surface area (Å²) in [5.41, 5.74) is 10.7. The van der Waals surface area contributed by atoms with E-state index in [4.69, 9.17) is 33.9 Å². The van der Waals surface area contributed by atoms with E-state index in [9.17, 15) is 9.59 Å². The topological polar surface area (TPSA) is 140 Å². The number of aliphatic hydroxyl groups is 1. The largest absolute Gasteiger partial charge is 1.00 e. The van der Waals surface area contributed by atoms with Crippen LogP contribution in [0.15, 0.2) is 261 Å². The molecule has 0 spiro atoms. The minimum atomic E-state index is -0.395. The SMILES string of the molecule is C1CO1.O=C(OCc1ccccc1)c1ccc(O)cc1.O=C(OCc1ccccc1)c1ccc(OCCOCCOCCN(Cc2ccccc2)Cc2ccccc2)cc1.OCCN(Cc1ccccc1)Cc1ccccc1.[C-]1=CCCc2ccccc21.[K+]. The van der Waals surface area contributed by atoms with Gasteiger partial charge in [0.25, 0.3) is 0 Å². The molecule has 9 aromatic rings. The van der Waals surface area contributed by atoms with Crippen molar-refractivity contribution >= 4 is 11.9 Å². The molecule has 0 atom stereocenters. The molecule has 0 unspecified atom stereocenters. The van der Waals surface area contributed by atoms with Gasteiger partial charge in [0.05, 0.1) is 57.4 Å². The molecule has 0 bridgehead atoms. The molecule has 0 amide bonds. The Balaban J connectivity index is 0.000000211. The summed E-state index contributed by atoms with van der Waals surface area (Å²) >= 11 is 0. The number of rotatable bonds is 26. The maximum atomic E-state index is 12.2. The minimum absolute atomic E-state index is 0. The van der Waals surface area contributed by atoms with Crippen LogP contribution >= 0.6 is 0 Å². The first-order valence-electron chi connectivity index (χ1n) is 29.9. The predicted molar refractivity (Wildman–Crippen MR) is 346 cm³/mol. The molecule has 1 aliphatic carbocycles. The molecule has 89 heavy (non-hydrogen) atoms. The molecular formula is C76H81KN2O10. The second-order valence-electron chi connectivity index (χ2n) is 20.5. The third kappa shape index (κ3) is 30.1. The van der Waals surface area contributed by atoms with Crippen LogP contribution in [0.5, 0.6) is 11.5 Å². The maximum absolute atomic E-state index is 12.2. The summed E-state index contributed by atoms with van der Waals surface area (Å²) in [4.78, 5) is 28.5. The summed E-state index contributed by atoms with van der Waals surface area (Å²) in [5.74, 6) is 0.0526. The molecule has 0 aromatic heterocycles. The van der Waals surface area contributed by atoms with Crippen LogP contribution in [0.2, 0.25) is 0 Å². The number of esters is 2. The zero-order valence-electron chi connectivity index (χ0n) is 51.1. The van der Waals surface area contributed by atoms with Crippen LogP contribution in [0, 0.1) is 6.08 Å². The summed E-state index contributed by atoms with van der Waals surface area (Å²) in [5, 5.41) is 18.2. The van der Waals surface area contributed by atoms with Crippen molar-refractivity contribution in [3.05, 3.63) is 323 Å². The summed E-state index contributed by atoms with van der Waals surface area (Å²) in [6.07, 6.45) is 7.68. The van der Waals surface area contributed by atoms with Crippen molar-refractivity contribution in [2.24, 2.45) is 0 Å². The van der Waals surface area contributed by atoms with Gasteiger partial charge in [-0.3, -0.25) is 9.80 Å². The van der Waals surface area contributed by atoms with E-state index in [2.05, 4.69) is 148 Å². The monoisotopic (exact) mass is 1220 g/mol. The molecule has 13 heteroatoms. The number of ether oxygens (including phenoxy) is 6. The molecule has 2 aliphatic rings. The molecule has 12 nitrogen and oxygen atoms in total. The van der Waals surface area contributed by atoms with Gasteiger partial charge in [-0.2, -0.15) is 17.7 Å². The second-order valence-corrected chi connectivity index (χ2v) is 20.5. The number of aliphatic hydroxyl groups excluding tert-OH is 1. The summed E-state index contributed by atoms with van der Waals surface area (Å²) in [6, 6.07) is 82.2. The van der Waals surface area contributed by atoms with Gasteiger partial charge in [-0.1, -0.05) is 201 Å². The van der Waals surface area contributed by atoms with Gasteiger partial charge in [0.1, 0.15) is 31.3 Å². The molecule has 0 saturated carbocycles. The Kier molecular flexibility index (Phi) is 34.5. The number of carbonyl (C=O) groups is 2. The molecule has 1 fully saturated rings. The first kappa shape index (κ1) is 70.7. The Hall–Kier alpha value is -7.34. The van der Waals surface area contributed by atoms with E-state index in [-0.39, 0.29) is 82.9 Å². The fourth-order valence-electron chi connectivity index (χ4n) is 8.86. The summed E-state index contributed by atoms with van der Waals surface area (Å²) < 4.78 is 32.2. The Labute approximate surface area is 568 Å². The summed E-state index contributed by atoms with van der Waals surface area (Å²) in [7, 11) is 0. The average molecular weight is 1220 g/mol. The maximum Gasteiger partial charge on any atom is 1.00 e. The number of carbonyl (C=O) groups excluding carboxylic acids is 2. The van der Waals surface area contributed by atoms with Crippen molar-refractivity contribution in [2.75, 3.05) is 65.9 Å². The van der Waals surface area contributed by atoms with E-state index >= 15 is 0 Å². The third-order valence-electron chi connectivity index (χ3n) is 13.5. The van der Waals surface area contributed by atoms with E-state index in [0.717, 1.165) is 63.5 Å². The fraction of sp³-hybridized carbons (Fsp3) is 0.237. The zero-order chi connectivity index (χ0) is 61.3. The van der Waals surface area contributed by atoms with Gasteiger partial charge in [0, 0.05) is 39.3 Å². The van der Waals surface area contributed by atoms with Crippen molar-refractivity contribution in [3.63, 3.8) is 0 Å². The Bertz CT molecular complexity index is 3220. The molecule has 1 aliphatic heterocycles. The van der Waals surface area contributed by atoms with Gasteiger partial charge < -0.3 is 38.6 Å². The molecule has 0 radical (unpaired) electrons. The number of phenolic OH excluding ortho intramolecular Hbond substituents is 1. The second kappa shape index (κ2) is 43.3. The van der Waals surface area contributed by atoms with Gasteiger partial charge in [0.2, 0.25) is 0 Å². The Morgan fingerprint density at radius 3 is 1.22 bits per heavy atom. The number of hydrogen-bond acceptors (Lipinski definition) is 12. The smallest absolute Gasteiger partial charge is 0.508 e. The first-order chi connectivity index (χ1) is 43.4. The number of benzene rings is 9. The molecule has 1 saturated heterocycles. The fourth-order valence-corrected chi connectivity index (χ4v) is 8.86. The number of aromatic hydroxyl groups is 1. The van der Waals surface area contributed by atoms with E-state index < -0.39 is 5.97 Å². The molecule has 456 valence electrons. The van der Waals surface area contributed by atoms with Crippen LogP contribution in [0.3, 0.4) is 0 Å². The van der Waals surface area contributed by atoms with Crippen molar-refractivity contribution in [1.82, 2.24) is 9.80 Å². The van der Waals surface area contributed by atoms with Crippen LogP contribution in [0.1, 0.15) is 71.6 Å². The van der Waals surface area contributed by atoms with E-state index in [1.54, 1.807) is 24.3 Å². The van der Waals surface area contributed by atoms with Crippen LogP contribution in [-0.4, -0.2) is 97.9 Å². The van der Waals surface area contributed by atoms with Gasteiger partial charge in [0.15, 0.2) is 0 Å². The number of fused-ring (bicyclic) bond motifs is 1. The number of phenols is 1. The standard InChI is InChI=1S/C34H37NO5.C16H19NO.C14H12O3.C10H9.C2H4O.K/c36-34(40-28-31-14-8-3-9-15-31)32-16-18-33(19-17-32)39-25-24-38-23-22-37-21-20-35(26-29-10-4-1-5-11-29)27-30-12-6-2-7-13-30;18-12-11-17(13-15-7-3-1-4-8-15)14-16-9-5-2-6-10-16;15-13-8-6-12(7-9-13)14(16)17-10-11-4-2-1-3-5-11;1-2-6-10-8-4-3-7-9(10)5-1;1-2-3-1;/h1-19H,20-28H2;1-10,18H,11-14H2;1-9,15H,10H2;1-3,5-6H,4,8H2;1-2H2;/q;;;-1;;+1. The molecule has 11 rings (SSSR count). The predicted octanol–water partition coefficient (Wildman–Crippen LogP) is 10.9. The van der Waals surface area contributed by atoms with Crippen molar-refractivity contribution < 1.29 is 99.6 Å². The quantitative estimate of drug-likeness (QED) is 0.0175. The van der Waals surface area contributed by atoms with Crippen LogP contribution in [0.25, 0.3) is 0 Å². The van der Waals surface area contributed by atoms with E-state index in [1.807, 2.05) is 84.9 Å².